The highest BCUT2D eigenvalue weighted by Crippen LogP contribution is 2.14. The lowest BCUT2D eigenvalue weighted by Crippen LogP contribution is -2.41. The molecule has 2 rings (SSSR count). The third-order valence-electron chi connectivity index (χ3n) is 3.93. The van der Waals surface area contributed by atoms with Gasteiger partial charge in [0.15, 0.2) is 5.96 Å². The number of hydrogen-bond donors (Lipinski definition) is 5. The SMILES string of the molecule is CC(=O)NC(Cc1cccc(CNC(=O)c2cccc(N=C(N)N)c2)c1)C(=O)O. The van der Waals surface area contributed by atoms with Crippen molar-refractivity contribution in [2.45, 2.75) is 25.9 Å². The zero-order valence-corrected chi connectivity index (χ0v) is 15.9. The zero-order valence-electron chi connectivity index (χ0n) is 15.9. The molecule has 0 aromatic heterocycles. The molecule has 1 atom stereocenters. The predicted octanol–water partition coefficient (Wildman–Crippen LogP) is 0.653. The number of amides is 2. The van der Waals surface area contributed by atoms with Crippen molar-refractivity contribution < 1.29 is 19.5 Å². The average Bonchev–Trinajstić information content (AvgIpc) is 2.65. The van der Waals surface area contributed by atoms with Crippen molar-refractivity contribution in [2.24, 2.45) is 16.5 Å². The first-order chi connectivity index (χ1) is 13.7. The predicted molar refractivity (Wildman–Crippen MR) is 108 cm³/mol. The van der Waals surface area contributed by atoms with Gasteiger partial charge in [-0.25, -0.2) is 9.79 Å². The van der Waals surface area contributed by atoms with Crippen LogP contribution in [-0.4, -0.2) is 34.9 Å². The van der Waals surface area contributed by atoms with Crippen LogP contribution >= 0.6 is 0 Å². The number of carbonyl (C=O) groups is 3. The number of carboxylic acid groups (broad SMARTS) is 1. The second-order valence-electron chi connectivity index (χ2n) is 6.39. The second kappa shape index (κ2) is 9.88. The summed E-state index contributed by atoms with van der Waals surface area (Å²) in [6.45, 7) is 1.52. The van der Waals surface area contributed by atoms with Crippen LogP contribution in [0.5, 0.6) is 0 Å². The summed E-state index contributed by atoms with van der Waals surface area (Å²) in [5.41, 5.74) is 13.1. The van der Waals surface area contributed by atoms with E-state index in [9.17, 15) is 19.5 Å². The highest BCUT2D eigenvalue weighted by Gasteiger charge is 2.18. The number of hydrogen-bond acceptors (Lipinski definition) is 4. The number of rotatable bonds is 8. The lowest BCUT2D eigenvalue weighted by molar-refractivity contribution is -0.141. The Morgan fingerprint density at radius 3 is 2.41 bits per heavy atom. The van der Waals surface area contributed by atoms with E-state index in [0.29, 0.717) is 11.3 Å². The summed E-state index contributed by atoms with van der Waals surface area (Å²) in [6, 6.07) is 12.7. The van der Waals surface area contributed by atoms with Gasteiger partial charge in [-0.1, -0.05) is 30.3 Å². The summed E-state index contributed by atoms with van der Waals surface area (Å²) in [6.07, 6.45) is 0.136. The average molecular weight is 397 g/mol. The fourth-order valence-electron chi connectivity index (χ4n) is 2.70. The molecular weight excluding hydrogens is 374 g/mol. The Labute approximate surface area is 167 Å². The van der Waals surface area contributed by atoms with E-state index in [1.807, 2.05) is 6.07 Å². The Kier molecular flexibility index (Phi) is 7.30. The molecule has 2 aromatic carbocycles. The molecule has 9 nitrogen and oxygen atoms in total. The van der Waals surface area contributed by atoms with Crippen LogP contribution in [0.3, 0.4) is 0 Å². The third-order valence-corrected chi connectivity index (χ3v) is 3.93. The van der Waals surface area contributed by atoms with Gasteiger partial charge in [-0.2, -0.15) is 0 Å². The second-order valence-corrected chi connectivity index (χ2v) is 6.39. The summed E-state index contributed by atoms with van der Waals surface area (Å²) >= 11 is 0. The van der Waals surface area contributed by atoms with Gasteiger partial charge in [0.1, 0.15) is 6.04 Å². The largest absolute Gasteiger partial charge is 0.480 e. The molecule has 29 heavy (non-hydrogen) atoms. The van der Waals surface area contributed by atoms with Crippen molar-refractivity contribution in [1.82, 2.24) is 10.6 Å². The molecule has 0 saturated carbocycles. The molecule has 0 aliphatic rings. The van der Waals surface area contributed by atoms with E-state index in [0.717, 1.165) is 11.1 Å². The van der Waals surface area contributed by atoms with E-state index in [1.165, 1.54) is 6.92 Å². The lowest BCUT2D eigenvalue weighted by atomic mass is 10.0. The van der Waals surface area contributed by atoms with Crippen molar-refractivity contribution in [3.8, 4) is 0 Å². The number of nitrogens with one attached hydrogen (secondary N) is 2. The molecule has 0 bridgehead atoms. The Morgan fingerprint density at radius 1 is 1.07 bits per heavy atom. The molecule has 152 valence electrons. The number of guanidine groups is 1. The van der Waals surface area contributed by atoms with E-state index in [-0.39, 0.29) is 24.8 Å². The van der Waals surface area contributed by atoms with Crippen LogP contribution < -0.4 is 22.1 Å². The monoisotopic (exact) mass is 397 g/mol. The first-order valence-corrected chi connectivity index (χ1v) is 8.80. The van der Waals surface area contributed by atoms with Crippen LogP contribution in [0.1, 0.15) is 28.4 Å². The minimum Gasteiger partial charge on any atom is -0.480 e. The highest BCUT2D eigenvalue weighted by molar-refractivity contribution is 5.95. The van der Waals surface area contributed by atoms with Crippen molar-refractivity contribution >= 4 is 29.4 Å². The molecule has 7 N–H and O–H groups in total. The number of nitrogens with two attached hydrogens (primary N) is 2. The van der Waals surface area contributed by atoms with Crippen LogP contribution in [0.4, 0.5) is 5.69 Å². The topological polar surface area (TPSA) is 160 Å². The van der Waals surface area contributed by atoms with Gasteiger partial charge in [0, 0.05) is 25.5 Å². The summed E-state index contributed by atoms with van der Waals surface area (Å²) in [4.78, 5) is 38.8. The van der Waals surface area contributed by atoms with Gasteiger partial charge in [0.25, 0.3) is 5.91 Å². The van der Waals surface area contributed by atoms with Crippen LogP contribution in [-0.2, 0) is 22.6 Å². The van der Waals surface area contributed by atoms with E-state index in [4.69, 9.17) is 11.5 Å². The van der Waals surface area contributed by atoms with Gasteiger partial charge in [0.05, 0.1) is 5.69 Å². The molecule has 1 unspecified atom stereocenters. The molecule has 9 heteroatoms. The smallest absolute Gasteiger partial charge is 0.326 e. The molecule has 0 aliphatic carbocycles. The molecule has 0 spiro atoms. The maximum absolute atomic E-state index is 12.4. The number of nitrogens with zero attached hydrogens (tertiary/aromatic N) is 1. The highest BCUT2D eigenvalue weighted by atomic mass is 16.4. The van der Waals surface area contributed by atoms with Crippen LogP contribution in [0.2, 0.25) is 0 Å². The van der Waals surface area contributed by atoms with Gasteiger partial charge in [-0.05, 0) is 29.3 Å². The molecule has 0 heterocycles. The summed E-state index contributed by atoms with van der Waals surface area (Å²) in [5, 5.41) is 14.4. The molecule has 0 fully saturated rings. The Balaban J connectivity index is 2.03. The van der Waals surface area contributed by atoms with E-state index >= 15 is 0 Å². The van der Waals surface area contributed by atoms with Gasteiger partial charge in [-0.15, -0.1) is 0 Å². The standard InChI is InChI=1S/C20H23N5O4/c1-12(26)24-17(19(28)29)9-13-4-2-5-14(8-13)11-23-18(27)15-6-3-7-16(10-15)25-20(21)22/h2-8,10,17H,9,11H2,1H3,(H,23,27)(H,24,26)(H,28,29)(H4,21,22,25). The normalized spacial score (nSPS) is 11.2. The molecular formula is C20H23N5O4. The van der Waals surface area contributed by atoms with Crippen LogP contribution in [0.25, 0.3) is 0 Å². The number of benzene rings is 2. The number of carboxylic acids is 1. The van der Waals surface area contributed by atoms with Crippen LogP contribution in [0.15, 0.2) is 53.5 Å². The van der Waals surface area contributed by atoms with Gasteiger partial charge in [-0.3, -0.25) is 9.59 Å². The zero-order chi connectivity index (χ0) is 21.4. The molecule has 2 amide bonds. The summed E-state index contributed by atoms with van der Waals surface area (Å²) in [5.74, 6) is -1.92. The van der Waals surface area contributed by atoms with Gasteiger partial charge >= 0.3 is 5.97 Å². The first kappa shape index (κ1) is 21.4. The lowest BCUT2D eigenvalue weighted by Gasteiger charge is -2.14. The first-order valence-electron chi connectivity index (χ1n) is 8.80. The molecule has 0 radical (unpaired) electrons. The minimum absolute atomic E-state index is 0.0988. The Bertz CT molecular complexity index is 938. The number of aliphatic imine (C=N–C) groups is 1. The Hall–Kier alpha value is -3.88. The maximum Gasteiger partial charge on any atom is 0.326 e. The molecule has 0 saturated heterocycles. The fourth-order valence-corrected chi connectivity index (χ4v) is 2.70. The van der Waals surface area contributed by atoms with Crippen LogP contribution in [0, 0.1) is 0 Å². The van der Waals surface area contributed by atoms with E-state index < -0.39 is 17.9 Å². The van der Waals surface area contributed by atoms with Crippen molar-refractivity contribution in [3.05, 3.63) is 65.2 Å². The maximum atomic E-state index is 12.4. The summed E-state index contributed by atoms with van der Waals surface area (Å²) < 4.78 is 0. The fraction of sp³-hybridized carbons (Fsp3) is 0.200. The molecule has 0 aliphatic heterocycles. The molecule has 2 aromatic rings. The van der Waals surface area contributed by atoms with Crippen molar-refractivity contribution in [1.29, 1.82) is 0 Å². The third kappa shape index (κ3) is 6.98. The van der Waals surface area contributed by atoms with Gasteiger partial charge in [0.2, 0.25) is 5.91 Å². The van der Waals surface area contributed by atoms with E-state index in [1.54, 1.807) is 42.5 Å². The van der Waals surface area contributed by atoms with Crippen molar-refractivity contribution in [2.75, 3.05) is 0 Å². The summed E-state index contributed by atoms with van der Waals surface area (Å²) in [7, 11) is 0. The number of carbonyl (C=O) groups excluding carboxylic acids is 2. The van der Waals surface area contributed by atoms with Gasteiger partial charge < -0.3 is 27.2 Å². The number of aliphatic carboxylic acids is 1. The Morgan fingerprint density at radius 2 is 1.76 bits per heavy atom. The van der Waals surface area contributed by atoms with Crippen molar-refractivity contribution in [3.63, 3.8) is 0 Å². The quantitative estimate of drug-likeness (QED) is 0.325. The van der Waals surface area contributed by atoms with E-state index in [2.05, 4.69) is 15.6 Å². The minimum atomic E-state index is -1.11.